The van der Waals surface area contributed by atoms with E-state index in [0.29, 0.717) is 11.3 Å². The zero-order valence-electron chi connectivity index (χ0n) is 18.4. The second kappa shape index (κ2) is 8.31. The van der Waals surface area contributed by atoms with Crippen LogP contribution in [-0.2, 0) is 6.54 Å². The Bertz CT molecular complexity index is 977. The zero-order chi connectivity index (χ0) is 21.3. The molecule has 0 spiro atoms. The molecule has 5 heteroatoms. The molecule has 1 saturated heterocycles. The molecule has 3 aromatic rings. The maximum Gasteiger partial charge on any atom is 0.165 e. The molecule has 1 aliphatic heterocycles. The molecule has 30 heavy (non-hydrogen) atoms. The Morgan fingerprint density at radius 3 is 2.20 bits per heavy atom. The summed E-state index contributed by atoms with van der Waals surface area (Å²) < 4.78 is 15.3. The summed E-state index contributed by atoms with van der Waals surface area (Å²) in [5.74, 6) is 1.83. The van der Waals surface area contributed by atoms with Crippen molar-refractivity contribution >= 4 is 0 Å². The molecule has 0 radical (unpaired) electrons. The minimum absolute atomic E-state index is 0.252. The monoisotopic (exact) mass is 406 g/mol. The van der Waals surface area contributed by atoms with E-state index in [1.165, 1.54) is 30.5 Å². The summed E-state index contributed by atoms with van der Waals surface area (Å²) in [5.41, 5.74) is 3.55. The Labute approximate surface area is 178 Å². The molecule has 0 aliphatic carbocycles. The lowest BCUT2D eigenvalue weighted by molar-refractivity contribution is 0.124. The Morgan fingerprint density at radius 1 is 0.967 bits per heavy atom. The highest BCUT2D eigenvalue weighted by Crippen LogP contribution is 2.30. The average molecular weight is 407 g/mol. The number of likely N-dealkylation sites (tertiary alicyclic amines) is 1. The highest BCUT2D eigenvalue weighted by Gasteiger charge is 2.26. The van der Waals surface area contributed by atoms with Crippen molar-refractivity contribution in [2.45, 2.75) is 53.0 Å². The third kappa shape index (κ3) is 4.62. The number of piperidine rings is 1. The second-order valence-electron chi connectivity index (χ2n) is 9.46. The van der Waals surface area contributed by atoms with Crippen molar-refractivity contribution in [1.82, 2.24) is 19.7 Å². The Hall–Kier alpha value is -2.53. The van der Waals surface area contributed by atoms with Gasteiger partial charge in [0.25, 0.3) is 0 Å². The SMILES string of the molecule is CC(C)c1ccc(-c2nc(CN3CCC(C)(C)CC3)nn2-c2ccc(F)cc2)cc1. The van der Waals surface area contributed by atoms with Crippen molar-refractivity contribution in [2.24, 2.45) is 5.41 Å². The van der Waals surface area contributed by atoms with E-state index in [1.54, 1.807) is 12.1 Å². The van der Waals surface area contributed by atoms with Crippen LogP contribution in [0, 0.1) is 11.2 Å². The summed E-state index contributed by atoms with van der Waals surface area (Å²) in [6.07, 6.45) is 2.38. The molecule has 2 heterocycles. The molecule has 0 saturated carbocycles. The van der Waals surface area contributed by atoms with Gasteiger partial charge in [0, 0.05) is 5.56 Å². The fourth-order valence-electron chi connectivity index (χ4n) is 3.90. The summed E-state index contributed by atoms with van der Waals surface area (Å²) in [4.78, 5) is 7.33. The predicted molar refractivity (Wildman–Crippen MR) is 119 cm³/mol. The van der Waals surface area contributed by atoms with Crippen LogP contribution in [0.3, 0.4) is 0 Å². The third-order valence-corrected chi connectivity index (χ3v) is 6.13. The van der Waals surface area contributed by atoms with Crippen LogP contribution in [0.4, 0.5) is 4.39 Å². The molecular weight excluding hydrogens is 375 g/mol. The maximum atomic E-state index is 13.5. The van der Waals surface area contributed by atoms with E-state index in [1.807, 2.05) is 4.68 Å². The number of hydrogen-bond acceptors (Lipinski definition) is 3. The van der Waals surface area contributed by atoms with E-state index in [0.717, 1.165) is 42.5 Å². The number of hydrogen-bond donors (Lipinski definition) is 0. The van der Waals surface area contributed by atoms with Gasteiger partial charge in [-0.1, -0.05) is 52.0 Å². The van der Waals surface area contributed by atoms with Gasteiger partial charge < -0.3 is 0 Å². The lowest BCUT2D eigenvalue weighted by atomic mass is 9.83. The Morgan fingerprint density at radius 2 is 1.60 bits per heavy atom. The lowest BCUT2D eigenvalue weighted by Gasteiger charge is -2.36. The second-order valence-corrected chi connectivity index (χ2v) is 9.46. The van der Waals surface area contributed by atoms with Gasteiger partial charge in [-0.2, -0.15) is 0 Å². The summed E-state index contributed by atoms with van der Waals surface area (Å²) in [6.45, 7) is 11.9. The number of rotatable bonds is 5. The van der Waals surface area contributed by atoms with Crippen LogP contribution >= 0.6 is 0 Å². The van der Waals surface area contributed by atoms with Gasteiger partial charge in [-0.25, -0.2) is 14.1 Å². The molecule has 158 valence electrons. The molecule has 0 atom stereocenters. The fraction of sp³-hybridized carbons (Fsp3) is 0.440. The number of nitrogens with zero attached hydrogens (tertiary/aromatic N) is 4. The van der Waals surface area contributed by atoms with E-state index < -0.39 is 0 Å². The molecule has 0 unspecified atom stereocenters. The summed E-state index contributed by atoms with van der Waals surface area (Å²) >= 11 is 0. The van der Waals surface area contributed by atoms with E-state index in [9.17, 15) is 4.39 Å². The van der Waals surface area contributed by atoms with Crippen molar-refractivity contribution in [2.75, 3.05) is 13.1 Å². The van der Waals surface area contributed by atoms with Gasteiger partial charge in [-0.3, -0.25) is 4.90 Å². The van der Waals surface area contributed by atoms with Gasteiger partial charge in [0.15, 0.2) is 11.6 Å². The molecule has 4 nitrogen and oxygen atoms in total. The first-order valence-electron chi connectivity index (χ1n) is 10.9. The van der Waals surface area contributed by atoms with E-state index in [4.69, 9.17) is 10.1 Å². The highest BCUT2D eigenvalue weighted by atomic mass is 19.1. The smallest absolute Gasteiger partial charge is 0.165 e. The first-order chi connectivity index (χ1) is 14.3. The molecular formula is C25H31FN4. The standard InChI is InChI=1S/C25H31FN4/c1-18(2)19-5-7-20(8-6-19)24-27-23(17-29-15-13-25(3,4)14-16-29)28-30(24)22-11-9-21(26)10-12-22/h5-12,18H,13-17H2,1-4H3. The maximum absolute atomic E-state index is 13.5. The van der Waals surface area contributed by atoms with Crippen LogP contribution in [-0.4, -0.2) is 32.8 Å². The molecule has 1 fully saturated rings. The van der Waals surface area contributed by atoms with Crippen LogP contribution in [0.15, 0.2) is 48.5 Å². The molecule has 4 rings (SSSR count). The molecule has 2 aromatic carbocycles. The van der Waals surface area contributed by atoms with Crippen molar-refractivity contribution in [3.8, 4) is 17.1 Å². The normalized spacial score (nSPS) is 16.9. The first-order valence-corrected chi connectivity index (χ1v) is 10.9. The van der Waals surface area contributed by atoms with E-state index in [-0.39, 0.29) is 5.82 Å². The van der Waals surface area contributed by atoms with Crippen LogP contribution in [0.25, 0.3) is 17.1 Å². The van der Waals surface area contributed by atoms with Crippen molar-refractivity contribution in [3.05, 3.63) is 65.7 Å². The van der Waals surface area contributed by atoms with Gasteiger partial charge in [-0.15, -0.1) is 5.10 Å². The lowest BCUT2D eigenvalue weighted by Crippen LogP contribution is -2.37. The average Bonchev–Trinajstić information content (AvgIpc) is 3.14. The Kier molecular flexibility index (Phi) is 5.74. The third-order valence-electron chi connectivity index (χ3n) is 6.13. The first kappa shape index (κ1) is 20.7. The molecule has 0 bridgehead atoms. The number of benzene rings is 2. The van der Waals surface area contributed by atoms with Crippen LogP contribution in [0.5, 0.6) is 0 Å². The van der Waals surface area contributed by atoms with E-state index in [2.05, 4.69) is 56.9 Å². The van der Waals surface area contributed by atoms with Crippen molar-refractivity contribution < 1.29 is 4.39 Å². The molecule has 0 amide bonds. The van der Waals surface area contributed by atoms with Gasteiger partial charge in [0.1, 0.15) is 5.82 Å². The van der Waals surface area contributed by atoms with Crippen LogP contribution < -0.4 is 0 Å². The van der Waals surface area contributed by atoms with Crippen molar-refractivity contribution in [3.63, 3.8) is 0 Å². The minimum atomic E-state index is -0.252. The summed E-state index contributed by atoms with van der Waals surface area (Å²) in [6, 6.07) is 14.9. The summed E-state index contributed by atoms with van der Waals surface area (Å²) in [5, 5.41) is 4.82. The van der Waals surface area contributed by atoms with Crippen molar-refractivity contribution in [1.29, 1.82) is 0 Å². The topological polar surface area (TPSA) is 34.0 Å². The summed E-state index contributed by atoms with van der Waals surface area (Å²) in [7, 11) is 0. The van der Waals surface area contributed by atoms with Gasteiger partial charge in [0.2, 0.25) is 0 Å². The molecule has 1 aliphatic rings. The minimum Gasteiger partial charge on any atom is -0.296 e. The molecule has 1 aromatic heterocycles. The predicted octanol–water partition coefficient (Wildman–Crippen LogP) is 5.82. The largest absolute Gasteiger partial charge is 0.296 e. The van der Waals surface area contributed by atoms with E-state index >= 15 is 0 Å². The zero-order valence-corrected chi connectivity index (χ0v) is 18.4. The highest BCUT2D eigenvalue weighted by molar-refractivity contribution is 5.58. The fourth-order valence-corrected chi connectivity index (χ4v) is 3.90. The van der Waals surface area contributed by atoms with Gasteiger partial charge in [0.05, 0.1) is 12.2 Å². The molecule has 0 N–H and O–H groups in total. The van der Waals surface area contributed by atoms with Gasteiger partial charge in [-0.05, 0) is 67.1 Å². The quantitative estimate of drug-likeness (QED) is 0.535. The number of halogens is 1. The van der Waals surface area contributed by atoms with Crippen LogP contribution in [0.1, 0.15) is 57.8 Å². The number of aromatic nitrogens is 3. The van der Waals surface area contributed by atoms with Gasteiger partial charge >= 0.3 is 0 Å². The van der Waals surface area contributed by atoms with Crippen LogP contribution in [0.2, 0.25) is 0 Å². The Balaban J connectivity index is 1.66.